The molecule has 3 rings (SSSR count). The molecule has 0 saturated carbocycles. The first-order valence-corrected chi connectivity index (χ1v) is 10.7. The second-order valence-corrected chi connectivity index (χ2v) is 9.15. The summed E-state index contributed by atoms with van der Waals surface area (Å²) in [6, 6.07) is 5.07. The van der Waals surface area contributed by atoms with Crippen LogP contribution in [0.3, 0.4) is 0 Å². The van der Waals surface area contributed by atoms with Crippen molar-refractivity contribution in [2.24, 2.45) is 0 Å². The molecule has 0 atom stereocenters. The zero-order valence-corrected chi connectivity index (χ0v) is 16.4. The number of hydrogen-bond acceptors (Lipinski definition) is 5. The quantitative estimate of drug-likeness (QED) is 0.841. The SMILES string of the molecule is CCNC(=O)N1CCc2ccc(S(=O)(=O)N(C)Cc3nccs3)cc2C1. The molecule has 0 radical (unpaired) electrons. The molecule has 0 unspecified atom stereocenters. The monoisotopic (exact) mass is 394 g/mol. The number of amides is 2. The number of nitrogens with one attached hydrogen (secondary N) is 1. The Morgan fingerprint density at radius 1 is 1.38 bits per heavy atom. The van der Waals surface area contributed by atoms with E-state index in [0.29, 0.717) is 19.6 Å². The van der Waals surface area contributed by atoms with Gasteiger partial charge >= 0.3 is 6.03 Å². The van der Waals surface area contributed by atoms with Gasteiger partial charge in [-0.25, -0.2) is 18.2 Å². The number of rotatable bonds is 5. The van der Waals surface area contributed by atoms with Crippen molar-refractivity contribution >= 4 is 27.4 Å². The van der Waals surface area contributed by atoms with E-state index in [2.05, 4.69) is 10.3 Å². The number of nitrogens with zero attached hydrogens (tertiary/aromatic N) is 3. The molecule has 2 amide bonds. The Hall–Kier alpha value is -1.97. The largest absolute Gasteiger partial charge is 0.338 e. The second-order valence-electron chi connectivity index (χ2n) is 6.12. The van der Waals surface area contributed by atoms with E-state index in [4.69, 9.17) is 0 Å². The molecule has 0 bridgehead atoms. The average molecular weight is 395 g/mol. The van der Waals surface area contributed by atoms with Gasteiger partial charge in [0.25, 0.3) is 0 Å². The Bertz CT molecular complexity index is 881. The van der Waals surface area contributed by atoms with E-state index in [-0.39, 0.29) is 17.5 Å². The number of carbonyl (C=O) groups excluding carboxylic acids is 1. The first kappa shape index (κ1) is 18.8. The highest BCUT2D eigenvalue weighted by molar-refractivity contribution is 7.89. The Morgan fingerprint density at radius 3 is 2.88 bits per heavy atom. The summed E-state index contributed by atoms with van der Waals surface area (Å²) in [5, 5.41) is 5.36. The van der Waals surface area contributed by atoms with Gasteiger partial charge in [-0.1, -0.05) is 6.07 Å². The van der Waals surface area contributed by atoms with Crippen LogP contribution in [0.4, 0.5) is 4.79 Å². The van der Waals surface area contributed by atoms with Crippen molar-refractivity contribution in [2.75, 3.05) is 20.1 Å². The molecule has 1 aromatic heterocycles. The van der Waals surface area contributed by atoms with Crippen LogP contribution in [0.1, 0.15) is 23.1 Å². The summed E-state index contributed by atoms with van der Waals surface area (Å²) in [5.41, 5.74) is 1.97. The van der Waals surface area contributed by atoms with Crippen LogP contribution in [0, 0.1) is 0 Å². The van der Waals surface area contributed by atoms with E-state index < -0.39 is 10.0 Å². The summed E-state index contributed by atoms with van der Waals surface area (Å²) in [7, 11) is -2.06. The fourth-order valence-corrected chi connectivity index (χ4v) is 4.85. The Kier molecular flexibility index (Phi) is 5.59. The predicted molar refractivity (Wildman–Crippen MR) is 100 cm³/mol. The lowest BCUT2D eigenvalue weighted by molar-refractivity contribution is 0.193. The van der Waals surface area contributed by atoms with Crippen molar-refractivity contribution < 1.29 is 13.2 Å². The zero-order valence-electron chi connectivity index (χ0n) is 14.8. The number of sulfonamides is 1. The van der Waals surface area contributed by atoms with Crippen LogP contribution in [0.2, 0.25) is 0 Å². The molecule has 9 heteroatoms. The van der Waals surface area contributed by atoms with Crippen LogP contribution in [0.5, 0.6) is 0 Å². The minimum absolute atomic E-state index is 0.118. The van der Waals surface area contributed by atoms with Crippen LogP contribution in [-0.4, -0.2) is 48.8 Å². The molecular formula is C17H22N4O3S2. The van der Waals surface area contributed by atoms with Gasteiger partial charge in [-0.05, 0) is 36.6 Å². The van der Waals surface area contributed by atoms with Crippen LogP contribution in [0.15, 0.2) is 34.7 Å². The van der Waals surface area contributed by atoms with Gasteiger partial charge in [0.05, 0.1) is 11.4 Å². The Morgan fingerprint density at radius 2 is 2.19 bits per heavy atom. The van der Waals surface area contributed by atoms with Gasteiger partial charge in [-0.15, -0.1) is 11.3 Å². The number of carbonyl (C=O) groups is 1. The van der Waals surface area contributed by atoms with Gasteiger partial charge < -0.3 is 10.2 Å². The summed E-state index contributed by atoms with van der Waals surface area (Å²) in [6.45, 7) is 3.73. The molecule has 0 spiro atoms. The van der Waals surface area contributed by atoms with Gasteiger partial charge in [0, 0.05) is 38.3 Å². The average Bonchev–Trinajstić information content (AvgIpc) is 3.14. The lowest BCUT2D eigenvalue weighted by atomic mass is 10.0. The highest BCUT2D eigenvalue weighted by Crippen LogP contribution is 2.25. The van der Waals surface area contributed by atoms with Crippen LogP contribution in [-0.2, 0) is 29.5 Å². The Labute approximate surface area is 157 Å². The van der Waals surface area contributed by atoms with Crippen LogP contribution in [0.25, 0.3) is 0 Å². The topological polar surface area (TPSA) is 82.6 Å². The first-order valence-electron chi connectivity index (χ1n) is 8.41. The molecule has 0 aliphatic carbocycles. The predicted octanol–water partition coefficient (Wildman–Crippen LogP) is 2.05. The van der Waals surface area contributed by atoms with Crippen LogP contribution >= 0.6 is 11.3 Å². The minimum atomic E-state index is -3.62. The summed E-state index contributed by atoms with van der Waals surface area (Å²) in [4.78, 5) is 18.2. The highest BCUT2D eigenvalue weighted by Gasteiger charge is 2.25. The molecule has 140 valence electrons. The molecule has 2 heterocycles. The van der Waals surface area contributed by atoms with Crippen molar-refractivity contribution in [3.05, 3.63) is 45.9 Å². The van der Waals surface area contributed by atoms with Crippen molar-refractivity contribution in [2.45, 2.75) is 31.3 Å². The van der Waals surface area contributed by atoms with Gasteiger partial charge in [0.1, 0.15) is 5.01 Å². The van der Waals surface area contributed by atoms with E-state index in [0.717, 1.165) is 22.6 Å². The van der Waals surface area contributed by atoms with Crippen molar-refractivity contribution in [3.63, 3.8) is 0 Å². The zero-order chi connectivity index (χ0) is 18.7. The number of aromatic nitrogens is 1. The minimum Gasteiger partial charge on any atom is -0.338 e. The third-order valence-corrected chi connectivity index (χ3v) is 6.92. The third-order valence-electron chi connectivity index (χ3n) is 4.35. The van der Waals surface area contributed by atoms with Gasteiger partial charge in [0.15, 0.2) is 0 Å². The molecule has 1 aromatic carbocycles. The van der Waals surface area contributed by atoms with Gasteiger partial charge in [-0.3, -0.25) is 0 Å². The molecule has 26 heavy (non-hydrogen) atoms. The van der Waals surface area contributed by atoms with E-state index in [1.54, 1.807) is 30.3 Å². The Balaban J connectivity index is 1.81. The summed E-state index contributed by atoms with van der Waals surface area (Å²) in [6.07, 6.45) is 2.39. The molecule has 0 fully saturated rings. The normalized spacial score (nSPS) is 14.3. The fraction of sp³-hybridized carbons (Fsp3) is 0.412. The molecule has 2 aromatic rings. The molecule has 1 aliphatic rings. The van der Waals surface area contributed by atoms with E-state index in [1.165, 1.54) is 15.6 Å². The summed E-state index contributed by atoms with van der Waals surface area (Å²) < 4.78 is 27.0. The molecule has 1 aliphatic heterocycles. The second kappa shape index (κ2) is 7.73. The molecular weight excluding hydrogens is 372 g/mol. The molecule has 1 N–H and O–H groups in total. The number of benzene rings is 1. The van der Waals surface area contributed by atoms with Crippen LogP contribution < -0.4 is 5.32 Å². The summed E-state index contributed by atoms with van der Waals surface area (Å²) >= 11 is 1.43. The fourth-order valence-electron chi connectivity index (χ4n) is 2.92. The number of hydrogen-bond donors (Lipinski definition) is 1. The number of fused-ring (bicyclic) bond motifs is 1. The van der Waals surface area contributed by atoms with Gasteiger partial charge in [0.2, 0.25) is 10.0 Å². The standard InChI is InChI=1S/C17H22N4O3S2/c1-3-18-17(22)21-8-6-13-4-5-15(10-14(13)11-21)26(23,24)20(2)12-16-19-7-9-25-16/h4-5,7,9-10H,3,6,8,11-12H2,1-2H3,(H,18,22). The van der Waals surface area contributed by atoms with E-state index in [9.17, 15) is 13.2 Å². The lowest BCUT2D eigenvalue weighted by Gasteiger charge is -2.29. The maximum absolute atomic E-state index is 12.9. The maximum atomic E-state index is 12.9. The van der Waals surface area contributed by atoms with Gasteiger partial charge in [-0.2, -0.15) is 4.31 Å². The van der Waals surface area contributed by atoms with Crippen molar-refractivity contribution in [1.82, 2.24) is 19.5 Å². The van der Waals surface area contributed by atoms with Crippen molar-refractivity contribution in [3.8, 4) is 0 Å². The van der Waals surface area contributed by atoms with E-state index in [1.807, 2.05) is 18.4 Å². The molecule has 0 saturated heterocycles. The smallest absolute Gasteiger partial charge is 0.317 e. The lowest BCUT2D eigenvalue weighted by Crippen LogP contribution is -2.42. The number of thiazole rings is 1. The third kappa shape index (κ3) is 3.89. The number of urea groups is 1. The van der Waals surface area contributed by atoms with E-state index >= 15 is 0 Å². The first-order chi connectivity index (χ1) is 12.4. The summed E-state index contributed by atoms with van der Waals surface area (Å²) in [5.74, 6) is 0. The highest BCUT2D eigenvalue weighted by atomic mass is 32.2. The van der Waals surface area contributed by atoms with Crippen molar-refractivity contribution in [1.29, 1.82) is 0 Å². The maximum Gasteiger partial charge on any atom is 0.317 e. The molecule has 7 nitrogen and oxygen atoms in total.